The van der Waals surface area contributed by atoms with Crippen LogP contribution in [-0.4, -0.2) is 18.3 Å². The molecule has 0 saturated heterocycles. The maximum atomic E-state index is 6.09. The lowest BCUT2D eigenvalue weighted by atomic mass is 9.84. The van der Waals surface area contributed by atoms with Crippen molar-refractivity contribution in [2.45, 2.75) is 64.2 Å². The Hall–Kier alpha value is -1.10. The molecule has 1 unspecified atom stereocenters. The largest absolute Gasteiger partial charge is 0.490 e. The second-order valence-electron chi connectivity index (χ2n) is 5.69. The summed E-state index contributed by atoms with van der Waals surface area (Å²) in [5.74, 6) is 6.79. The number of ether oxygens (including phenoxy) is 2. The fraction of sp³-hybridized carbons (Fsp3) is 0.647. The van der Waals surface area contributed by atoms with Crippen molar-refractivity contribution in [1.82, 2.24) is 5.43 Å². The molecular formula is C17H28N2O2. The Balaban J connectivity index is 2.25. The van der Waals surface area contributed by atoms with Gasteiger partial charge >= 0.3 is 0 Å². The van der Waals surface area contributed by atoms with Gasteiger partial charge in [-0.25, -0.2) is 0 Å². The Morgan fingerprint density at radius 1 is 1.29 bits per heavy atom. The Morgan fingerprint density at radius 2 is 2.00 bits per heavy atom. The van der Waals surface area contributed by atoms with Gasteiger partial charge < -0.3 is 9.47 Å². The molecule has 0 heterocycles. The van der Waals surface area contributed by atoms with Crippen LogP contribution in [0.5, 0.6) is 5.75 Å². The van der Waals surface area contributed by atoms with Gasteiger partial charge in [-0.1, -0.05) is 26.0 Å². The number of hydrogen-bond donors (Lipinski definition) is 2. The van der Waals surface area contributed by atoms with Crippen molar-refractivity contribution in [2.75, 3.05) is 6.61 Å². The van der Waals surface area contributed by atoms with E-state index < -0.39 is 0 Å². The molecule has 1 saturated carbocycles. The fourth-order valence-electron chi connectivity index (χ4n) is 2.93. The Labute approximate surface area is 128 Å². The van der Waals surface area contributed by atoms with Crippen molar-refractivity contribution in [3.05, 3.63) is 29.8 Å². The summed E-state index contributed by atoms with van der Waals surface area (Å²) in [4.78, 5) is 0. The van der Waals surface area contributed by atoms with E-state index in [0.717, 1.165) is 37.0 Å². The molecule has 0 spiro atoms. The van der Waals surface area contributed by atoms with Crippen molar-refractivity contribution in [3.8, 4) is 5.75 Å². The number of rotatable bonds is 9. The molecule has 3 N–H and O–H groups in total. The molecule has 0 aliphatic heterocycles. The molecule has 0 radical (unpaired) electrons. The van der Waals surface area contributed by atoms with Gasteiger partial charge in [0.2, 0.25) is 0 Å². The van der Waals surface area contributed by atoms with Crippen LogP contribution in [0.2, 0.25) is 0 Å². The van der Waals surface area contributed by atoms with Crippen LogP contribution in [-0.2, 0) is 4.74 Å². The van der Waals surface area contributed by atoms with E-state index in [0.29, 0.717) is 12.7 Å². The first kappa shape index (κ1) is 16.3. The molecule has 1 aromatic rings. The summed E-state index contributed by atoms with van der Waals surface area (Å²) in [6.07, 6.45) is 4.53. The van der Waals surface area contributed by atoms with Gasteiger partial charge in [0.25, 0.3) is 0 Å². The SMILES string of the molecule is CCOC(CC)(CC)C(NN)c1cccc(OC2CC2)c1. The van der Waals surface area contributed by atoms with Crippen LogP contribution in [0.3, 0.4) is 0 Å². The average Bonchev–Trinajstić information content (AvgIpc) is 3.31. The maximum absolute atomic E-state index is 6.09. The summed E-state index contributed by atoms with van der Waals surface area (Å²) in [5.41, 5.74) is 3.79. The van der Waals surface area contributed by atoms with Gasteiger partial charge in [0.15, 0.2) is 0 Å². The number of nitrogens with two attached hydrogens (primary N) is 1. The van der Waals surface area contributed by atoms with Crippen molar-refractivity contribution < 1.29 is 9.47 Å². The molecule has 1 aromatic carbocycles. The monoisotopic (exact) mass is 292 g/mol. The lowest BCUT2D eigenvalue weighted by molar-refractivity contribution is -0.0734. The predicted octanol–water partition coefficient (Wildman–Crippen LogP) is 3.33. The molecule has 21 heavy (non-hydrogen) atoms. The molecule has 0 bridgehead atoms. The van der Waals surface area contributed by atoms with Crippen molar-refractivity contribution >= 4 is 0 Å². The summed E-state index contributed by atoms with van der Waals surface area (Å²) in [7, 11) is 0. The third-order valence-electron chi connectivity index (χ3n) is 4.34. The minimum absolute atomic E-state index is 0.0461. The predicted molar refractivity (Wildman–Crippen MR) is 85.1 cm³/mol. The van der Waals surface area contributed by atoms with Crippen molar-refractivity contribution in [3.63, 3.8) is 0 Å². The third kappa shape index (κ3) is 3.76. The summed E-state index contributed by atoms with van der Waals surface area (Å²) < 4.78 is 12.0. The zero-order valence-electron chi connectivity index (χ0n) is 13.4. The van der Waals surface area contributed by atoms with Crippen LogP contribution in [0.25, 0.3) is 0 Å². The van der Waals surface area contributed by atoms with E-state index in [2.05, 4.69) is 31.4 Å². The number of nitrogens with one attached hydrogen (secondary N) is 1. The van der Waals surface area contributed by atoms with Gasteiger partial charge in [0, 0.05) is 6.61 Å². The molecule has 0 aromatic heterocycles. The minimum Gasteiger partial charge on any atom is -0.490 e. The average molecular weight is 292 g/mol. The van der Waals surface area contributed by atoms with Crippen LogP contribution in [0.15, 0.2) is 24.3 Å². The number of hydrogen-bond acceptors (Lipinski definition) is 4. The lowest BCUT2D eigenvalue weighted by Gasteiger charge is -2.39. The van der Waals surface area contributed by atoms with E-state index in [9.17, 15) is 0 Å². The van der Waals surface area contributed by atoms with Crippen LogP contribution >= 0.6 is 0 Å². The second kappa shape index (κ2) is 7.25. The smallest absolute Gasteiger partial charge is 0.120 e. The van der Waals surface area contributed by atoms with E-state index in [1.165, 1.54) is 0 Å². The Bertz CT molecular complexity index is 442. The standard InChI is InChI=1S/C17H28N2O2/c1-4-17(5-2,20-6-3)16(19-18)13-8-7-9-15(12-13)21-14-10-11-14/h7-9,12,14,16,19H,4-6,10-11,18H2,1-3H3. The zero-order chi connectivity index (χ0) is 15.3. The van der Waals surface area contributed by atoms with Gasteiger partial charge in [-0.15, -0.1) is 0 Å². The van der Waals surface area contributed by atoms with E-state index in [1.54, 1.807) is 0 Å². The third-order valence-corrected chi connectivity index (χ3v) is 4.34. The number of benzene rings is 1. The molecule has 0 amide bonds. The molecule has 1 aliphatic rings. The molecule has 1 fully saturated rings. The van der Waals surface area contributed by atoms with Crippen LogP contribution in [0.4, 0.5) is 0 Å². The van der Waals surface area contributed by atoms with Crippen molar-refractivity contribution in [1.29, 1.82) is 0 Å². The molecule has 4 nitrogen and oxygen atoms in total. The van der Waals surface area contributed by atoms with E-state index in [4.69, 9.17) is 15.3 Å². The summed E-state index contributed by atoms with van der Waals surface area (Å²) >= 11 is 0. The van der Waals surface area contributed by atoms with Gasteiger partial charge in [0.05, 0.1) is 17.7 Å². The highest BCUT2D eigenvalue weighted by molar-refractivity contribution is 5.32. The quantitative estimate of drug-likeness (QED) is 0.541. The summed E-state index contributed by atoms with van der Waals surface area (Å²) in [5, 5.41) is 0. The second-order valence-corrected chi connectivity index (χ2v) is 5.69. The summed E-state index contributed by atoms with van der Waals surface area (Å²) in [6, 6.07) is 8.16. The van der Waals surface area contributed by atoms with Gasteiger partial charge in [-0.2, -0.15) is 0 Å². The van der Waals surface area contributed by atoms with E-state index in [1.807, 2.05) is 19.1 Å². The molecule has 4 heteroatoms. The molecule has 1 atom stereocenters. The minimum atomic E-state index is -0.290. The van der Waals surface area contributed by atoms with Crippen molar-refractivity contribution in [2.24, 2.45) is 5.84 Å². The first-order valence-electron chi connectivity index (χ1n) is 8.05. The highest BCUT2D eigenvalue weighted by Crippen LogP contribution is 2.36. The molecular weight excluding hydrogens is 264 g/mol. The first-order valence-corrected chi connectivity index (χ1v) is 8.05. The van der Waals surface area contributed by atoms with Crippen LogP contribution in [0, 0.1) is 0 Å². The van der Waals surface area contributed by atoms with Gasteiger partial charge in [-0.3, -0.25) is 11.3 Å². The maximum Gasteiger partial charge on any atom is 0.120 e. The van der Waals surface area contributed by atoms with Gasteiger partial charge in [-0.05, 0) is 50.3 Å². The first-order chi connectivity index (χ1) is 10.2. The Morgan fingerprint density at radius 3 is 2.52 bits per heavy atom. The summed E-state index contributed by atoms with van der Waals surface area (Å²) in [6.45, 7) is 7.00. The highest BCUT2D eigenvalue weighted by atomic mass is 16.5. The molecule has 2 rings (SSSR count). The fourth-order valence-corrected chi connectivity index (χ4v) is 2.93. The highest BCUT2D eigenvalue weighted by Gasteiger charge is 2.37. The van der Waals surface area contributed by atoms with Crippen LogP contribution in [0.1, 0.15) is 58.1 Å². The number of hydrazine groups is 1. The Kier molecular flexibility index (Phi) is 5.62. The molecule has 118 valence electrons. The zero-order valence-corrected chi connectivity index (χ0v) is 13.4. The lowest BCUT2D eigenvalue weighted by Crippen LogP contribution is -2.48. The topological polar surface area (TPSA) is 56.5 Å². The van der Waals surface area contributed by atoms with Crippen LogP contribution < -0.4 is 16.0 Å². The normalized spacial score (nSPS) is 16.8. The van der Waals surface area contributed by atoms with E-state index >= 15 is 0 Å². The van der Waals surface area contributed by atoms with E-state index in [-0.39, 0.29) is 11.6 Å². The molecule has 1 aliphatic carbocycles. The van der Waals surface area contributed by atoms with Gasteiger partial charge in [0.1, 0.15) is 5.75 Å².